The zero-order valence-corrected chi connectivity index (χ0v) is 13.1. The van der Waals surface area contributed by atoms with Crippen molar-refractivity contribution in [3.63, 3.8) is 0 Å². The van der Waals surface area contributed by atoms with Crippen LogP contribution in [-0.2, 0) is 12.8 Å². The third kappa shape index (κ3) is 3.30. The third-order valence-electron chi connectivity index (χ3n) is 4.15. The molecule has 3 rings (SSSR count). The Labute approximate surface area is 132 Å². The molecular formula is C19H23NO2. The van der Waals surface area contributed by atoms with E-state index in [1.807, 2.05) is 18.2 Å². The average molecular weight is 297 g/mol. The van der Waals surface area contributed by atoms with Gasteiger partial charge in [0.2, 0.25) is 5.88 Å². The second kappa shape index (κ2) is 6.93. The summed E-state index contributed by atoms with van der Waals surface area (Å²) in [5, 5.41) is 9.89. The molecule has 22 heavy (non-hydrogen) atoms. The van der Waals surface area contributed by atoms with Crippen molar-refractivity contribution >= 4 is 0 Å². The van der Waals surface area contributed by atoms with E-state index in [0.29, 0.717) is 18.9 Å². The minimum Gasteiger partial charge on any atom is -0.475 e. The number of nitrogens with zero attached hydrogens (tertiary/aromatic N) is 1. The fraction of sp³-hybridized carbons (Fsp3) is 0.421. The molecule has 0 spiro atoms. The Hall–Kier alpha value is -1.87. The Balaban J connectivity index is 1.97. The van der Waals surface area contributed by atoms with Gasteiger partial charge in [0.1, 0.15) is 6.61 Å². The molecule has 2 aromatic rings. The van der Waals surface area contributed by atoms with E-state index in [0.717, 1.165) is 29.7 Å². The Bertz CT molecular complexity index is 625. The number of aliphatic hydroxyl groups is 1. The number of aliphatic hydroxyl groups excluding tert-OH is 1. The van der Waals surface area contributed by atoms with E-state index in [4.69, 9.17) is 4.74 Å². The summed E-state index contributed by atoms with van der Waals surface area (Å²) in [4.78, 5) is 4.67. The highest BCUT2D eigenvalue weighted by Crippen LogP contribution is 2.31. The van der Waals surface area contributed by atoms with Crippen molar-refractivity contribution in [1.82, 2.24) is 4.98 Å². The van der Waals surface area contributed by atoms with Crippen LogP contribution in [0.4, 0.5) is 0 Å². The lowest BCUT2D eigenvalue weighted by molar-refractivity contribution is 0.0884. The summed E-state index contributed by atoms with van der Waals surface area (Å²) in [5.74, 6) is 0.707. The maximum Gasteiger partial charge on any atom is 0.217 e. The van der Waals surface area contributed by atoms with Gasteiger partial charge in [0, 0.05) is 17.5 Å². The van der Waals surface area contributed by atoms with Crippen molar-refractivity contribution in [2.45, 2.75) is 45.1 Å². The molecule has 1 unspecified atom stereocenters. The van der Waals surface area contributed by atoms with Gasteiger partial charge in [-0.15, -0.1) is 0 Å². The lowest BCUT2D eigenvalue weighted by Gasteiger charge is -2.24. The standard InChI is InChI=1S/C19H23NO2/c1-2-3-5-10-15-11-18(14-8-6-4-7-9-14)20-19-17(15)12-16(21)13-22-19/h4,6-9,11,16,21H,2-3,5,10,12-13H2,1H3. The number of aromatic nitrogens is 1. The van der Waals surface area contributed by atoms with Gasteiger partial charge >= 0.3 is 0 Å². The van der Waals surface area contributed by atoms with E-state index in [-0.39, 0.29) is 0 Å². The minimum absolute atomic E-state index is 0.340. The predicted octanol–water partition coefficient (Wildman–Crippen LogP) is 3.78. The number of ether oxygens (including phenoxy) is 1. The highest BCUT2D eigenvalue weighted by atomic mass is 16.5. The molecule has 2 heterocycles. The fourth-order valence-electron chi connectivity index (χ4n) is 2.95. The van der Waals surface area contributed by atoms with Crippen molar-refractivity contribution in [3.05, 3.63) is 47.5 Å². The summed E-state index contributed by atoms with van der Waals surface area (Å²) in [6.07, 6.45) is 4.85. The molecule has 0 aliphatic carbocycles. The van der Waals surface area contributed by atoms with Crippen molar-refractivity contribution in [3.8, 4) is 17.1 Å². The molecule has 0 amide bonds. The van der Waals surface area contributed by atoms with Crippen LogP contribution in [0.15, 0.2) is 36.4 Å². The SMILES string of the molecule is CCCCCc1cc(-c2ccccc2)nc2c1CC(O)CO2. The monoisotopic (exact) mass is 297 g/mol. The quantitative estimate of drug-likeness (QED) is 0.854. The summed E-state index contributed by atoms with van der Waals surface area (Å²) < 4.78 is 5.68. The van der Waals surface area contributed by atoms with Gasteiger partial charge in [-0.1, -0.05) is 50.1 Å². The summed E-state index contributed by atoms with van der Waals surface area (Å²) in [6.45, 7) is 2.55. The summed E-state index contributed by atoms with van der Waals surface area (Å²) in [5.41, 5.74) is 4.43. The first kappa shape index (κ1) is 15.0. The van der Waals surface area contributed by atoms with E-state index in [2.05, 4.69) is 30.1 Å². The Morgan fingerprint density at radius 2 is 2.05 bits per heavy atom. The van der Waals surface area contributed by atoms with Crippen LogP contribution in [0.5, 0.6) is 5.88 Å². The van der Waals surface area contributed by atoms with Gasteiger partial charge < -0.3 is 9.84 Å². The lowest BCUT2D eigenvalue weighted by atomic mass is 9.95. The molecule has 3 nitrogen and oxygen atoms in total. The maximum atomic E-state index is 9.89. The van der Waals surface area contributed by atoms with Gasteiger partial charge in [0.15, 0.2) is 0 Å². The van der Waals surface area contributed by atoms with Crippen LogP contribution in [0.2, 0.25) is 0 Å². The number of pyridine rings is 1. The Morgan fingerprint density at radius 3 is 2.82 bits per heavy atom. The van der Waals surface area contributed by atoms with Gasteiger partial charge in [-0.3, -0.25) is 0 Å². The van der Waals surface area contributed by atoms with Crippen LogP contribution in [0.1, 0.15) is 37.3 Å². The zero-order valence-electron chi connectivity index (χ0n) is 13.1. The van der Waals surface area contributed by atoms with Crippen molar-refractivity contribution in [1.29, 1.82) is 0 Å². The molecule has 1 aromatic carbocycles. The van der Waals surface area contributed by atoms with Crippen LogP contribution in [0.3, 0.4) is 0 Å². The average Bonchev–Trinajstić information content (AvgIpc) is 2.56. The topological polar surface area (TPSA) is 42.4 Å². The Kier molecular flexibility index (Phi) is 4.74. The number of hydrogen-bond donors (Lipinski definition) is 1. The first-order valence-corrected chi connectivity index (χ1v) is 8.17. The normalized spacial score (nSPS) is 16.9. The predicted molar refractivity (Wildman–Crippen MR) is 88.1 cm³/mol. The van der Waals surface area contributed by atoms with E-state index >= 15 is 0 Å². The number of fused-ring (bicyclic) bond motifs is 1. The van der Waals surface area contributed by atoms with E-state index < -0.39 is 6.10 Å². The summed E-state index contributed by atoms with van der Waals surface area (Å²) >= 11 is 0. The van der Waals surface area contributed by atoms with Gasteiger partial charge in [-0.05, 0) is 24.5 Å². The van der Waals surface area contributed by atoms with Gasteiger partial charge in [-0.25, -0.2) is 4.98 Å². The number of benzene rings is 1. The molecule has 1 aliphatic heterocycles. The first-order valence-electron chi connectivity index (χ1n) is 8.17. The number of hydrogen-bond acceptors (Lipinski definition) is 3. The highest BCUT2D eigenvalue weighted by Gasteiger charge is 2.23. The van der Waals surface area contributed by atoms with Crippen LogP contribution in [-0.4, -0.2) is 22.8 Å². The molecule has 3 heteroatoms. The molecule has 116 valence electrons. The smallest absolute Gasteiger partial charge is 0.217 e. The van der Waals surface area contributed by atoms with E-state index in [1.54, 1.807) is 0 Å². The summed E-state index contributed by atoms with van der Waals surface area (Å²) in [7, 11) is 0. The zero-order chi connectivity index (χ0) is 15.4. The number of unbranched alkanes of at least 4 members (excludes halogenated alkanes) is 2. The van der Waals surface area contributed by atoms with E-state index in [1.165, 1.54) is 18.4 Å². The largest absolute Gasteiger partial charge is 0.475 e. The van der Waals surface area contributed by atoms with Gasteiger partial charge in [-0.2, -0.15) is 0 Å². The molecule has 1 aromatic heterocycles. The van der Waals surface area contributed by atoms with Gasteiger partial charge in [0.25, 0.3) is 0 Å². The molecule has 1 N–H and O–H groups in total. The highest BCUT2D eigenvalue weighted by molar-refractivity contribution is 5.62. The second-order valence-corrected chi connectivity index (χ2v) is 5.94. The third-order valence-corrected chi connectivity index (χ3v) is 4.15. The van der Waals surface area contributed by atoms with Crippen molar-refractivity contribution in [2.24, 2.45) is 0 Å². The molecular weight excluding hydrogens is 274 g/mol. The molecule has 0 bridgehead atoms. The number of aryl methyl sites for hydroxylation is 1. The van der Waals surface area contributed by atoms with E-state index in [9.17, 15) is 5.11 Å². The van der Waals surface area contributed by atoms with Crippen LogP contribution >= 0.6 is 0 Å². The Morgan fingerprint density at radius 1 is 1.23 bits per heavy atom. The number of rotatable bonds is 5. The molecule has 0 radical (unpaired) electrons. The van der Waals surface area contributed by atoms with Crippen LogP contribution in [0, 0.1) is 0 Å². The fourth-order valence-corrected chi connectivity index (χ4v) is 2.95. The van der Waals surface area contributed by atoms with Crippen LogP contribution in [0.25, 0.3) is 11.3 Å². The molecule has 0 saturated carbocycles. The first-order chi connectivity index (χ1) is 10.8. The second-order valence-electron chi connectivity index (χ2n) is 5.94. The van der Waals surface area contributed by atoms with Crippen molar-refractivity contribution < 1.29 is 9.84 Å². The minimum atomic E-state index is -0.415. The van der Waals surface area contributed by atoms with Gasteiger partial charge in [0.05, 0.1) is 11.8 Å². The summed E-state index contributed by atoms with van der Waals surface area (Å²) in [6, 6.07) is 12.4. The molecule has 1 aliphatic rings. The van der Waals surface area contributed by atoms with Crippen molar-refractivity contribution in [2.75, 3.05) is 6.61 Å². The lowest BCUT2D eigenvalue weighted by Crippen LogP contribution is -2.27. The maximum absolute atomic E-state index is 9.89. The molecule has 0 fully saturated rings. The molecule has 0 saturated heterocycles. The van der Waals surface area contributed by atoms with Crippen LogP contribution < -0.4 is 4.74 Å². The molecule has 1 atom stereocenters.